The van der Waals surface area contributed by atoms with Crippen LogP contribution < -0.4 is 0 Å². The fourth-order valence-corrected chi connectivity index (χ4v) is 2.15. The lowest BCUT2D eigenvalue weighted by atomic mass is 9.88. The molecule has 1 N–H and O–H groups in total. The highest BCUT2D eigenvalue weighted by Gasteiger charge is 2.12. The first-order valence-electron chi connectivity index (χ1n) is 5.20. The predicted octanol–water partition coefficient (Wildman–Crippen LogP) is 2.03. The van der Waals surface area contributed by atoms with Crippen LogP contribution in [0.1, 0.15) is 29.5 Å². The highest BCUT2D eigenvalue weighted by Crippen LogP contribution is 2.24. The fourth-order valence-electron chi connectivity index (χ4n) is 2.15. The van der Waals surface area contributed by atoms with E-state index in [4.69, 9.17) is 9.84 Å². The first-order valence-corrected chi connectivity index (χ1v) is 5.20. The van der Waals surface area contributed by atoms with Crippen LogP contribution in [0.4, 0.5) is 0 Å². The Morgan fingerprint density at radius 3 is 2.93 bits per heavy atom. The summed E-state index contributed by atoms with van der Waals surface area (Å²) in [6, 6.07) is 6.39. The van der Waals surface area contributed by atoms with Gasteiger partial charge >= 0.3 is 0 Å². The summed E-state index contributed by atoms with van der Waals surface area (Å²) in [6.07, 6.45) is 4.95. The molecular formula is C12H16O2. The first-order chi connectivity index (χ1) is 6.92. The van der Waals surface area contributed by atoms with Gasteiger partial charge in [0.05, 0.1) is 6.61 Å². The average Bonchev–Trinajstić information content (AvgIpc) is 2.26. The number of rotatable bonds is 3. The van der Waals surface area contributed by atoms with Gasteiger partial charge in [0.1, 0.15) is 6.79 Å². The minimum Gasteiger partial charge on any atom is -0.371 e. The molecule has 76 valence electrons. The molecule has 1 aliphatic rings. The van der Waals surface area contributed by atoms with E-state index >= 15 is 0 Å². The smallest absolute Gasteiger partial charge is 0.144 e. The molecule has 0 saturated carbocycles. The van der Waals surface area contributed by atoms with Crippen molar-refractivity contribution < 1.29 is 9.84 Å². The molecule has 1 aliphatic carbocycles. The number of aliphatic hydroxyl groups is 1. The van der Waals surface area contributed by atoms with Gasteiger partial charge < -0.3 is 9.84 Å². The summed E-state index contributed by atoms with van der Waals surface area (Å²) < 4.78 is 5.04. The van der Waals surface area contributed by atoms with Crippen molar-refractivity contribution in [1.29, 1.82) is 0 Å². The van der Waals surface area contributed by atoms with Crippen LogP contribution in [0.5, 0.6) is 0 Å². The fraction of sp³-hybridized carbons (Fsp3) is 0.500. The Hall–Kier alpha value is -0.860. The van der Waals surface area contributed by atoms with Crippen molar-refractivity contribution in [1.82, 2.24) is 0 Å². The van der Waals surface area contributed by atoms with Crippen LogP contribution in [0.25, 0.3) is 0 Å². The molecular weight excluding hydrogens is 176 g/mol. The number of hydrogen-bond acceptors (Lipinski definition) is 2. The van der Waals surface area contributed by atoms with Gasteiger partial charge in [-0.15, -0.1) is 0 Å². The summed E-state index contributed by atoms with van der Waals surface area (Å²) in [4.78, 5) is 0. The molecule has 0 bridgehead atoms. The first kappa shape index (κ1) is 9.69. The van der Waals surface area contributed by atoms with Crippen LogP contribution in [-0.2, 0) is 24.2 Å². The van der Waals surface area contributed by atoms with Crippen molar-refractivity contribution in [2.75, 3.05) is 6.79 Å². The number of benzene rings is 1. The van der Waals surface area contributed by atoms with E-state index in [1.807, 2.05) is 0 Å². The Morgan fingerprint density at radius 2 is 2.07 bits per heavy atom. The molecule has 0 heterocycles. The van der Waals surface area contributed by atoms with Crippen molar-refractivity contribution in [2.45, 2.75) is 32.3 Å². The number of fused-ring (bicyclic) bond motifs is 1. The highest BCUT2D eigenvalue weighted by atomic mass is 16.6. The third-order valence-electron chi connectivity index (χ3n) is 2.84. The monoisotopic (exact) mass is 192 g/mol. The summed E-state index contributed by atoms with van der Waals surface area (Å²) in [5.74, 6) is 0. The molecule has 0 unspecified atom stereocenters. The minimum absolute atomic E-state index is 0.191. The lowest BCUT2D eigenvalue weighted by molar-refractivity contribution is -0.0115. The SMILES string of the molecule is OCOCc1cccc2c1CCCC2. The zero-order chi connectivity index (χ0) is 9.80. The summed E-state index contributed by atoms with van der Waals surface area (Å²) >= 11 is 0. The molecule has 2 rings (SSSR count). The topological polar surface area (TPSA) is 29.5 Å². The average molecular weight is 192 g/mol. The largest absolute Gasteiger partial charge is 0.371 e. The predicted molar refractivity (Wildman–Crippen MR) is 55.0 cm³/mol. The lowest BCUT2D eigenvalue weighted by Crippen LogP contribution is -2.07. The van der Waals surface area contributed by atoms with E-state index in [0.717, 1.165) is 0 Å². The number of ether oxygens (including phenoxy) is 1. The van der Waals surface area contributed by atoms with Crippen molar-refractivity contribution >= 4 is 0 Å². The molecule has 2 nitrogen and oxygen atoms in total. The second-order valence-corrected chi connectivity index (χ2v) is 3.74. The number of aryl methyl sites for hydroxylation is 1. The van der Waals surface area contributed by atoms with E-state index < -0.39 is 0 Å². The molecule has 1 aromatic carbocycles. The molecule has 0 aliphatic heterocycles. The summed E-state index contributed by atoms with van der Waals surface area (Å²) in [6.45, 7) is 0.351. The standard InChI is InChI=1S/C12H16O2/c13-9-14-8-11-6-3-5-10-4-1-2-7-12(10)11/h3,5-6,13H,1-2,4,7-9H2. The molecule has 14 heavy (non-hydrogen) atoms. The zero-order valence-corrected chi connectivity index (χ0v) is 8.33. The normalized spacial score (nSPS) is 15.2. The zero-order valence-electron chi connectivity index (χ0n) is 8.33. The summed E-state index contributed by atoms with van der Waals surface area (Å²) in [5.41, 5.74) is 4.17. The molecule has 0 saturated heterocycles. The second kappa shape index (κ2) is 4.58. The van der Waals surface area contributed by atoms with Crippen molar-refractivity contribution in [3.05, 3.63) is 34.9 Å². The van der Waals surface area contributed by atoms with Gasteiger partial charge in [0, 0.05) is 0 Å². The van der Waals surface area contributed by atoms with E-state index in [1.165, 1.54) is 42.4 Å². The minimum atomic E-state index is -0.191. The third kappa shape index (κ3) is 1.97. The van der Waals surface area contributed by atoms with Crippen LogP contribution in [0.15, 0.2) is 18.2 Å². The van der Waals surface area contributed by atoms with E-state index in [9.17, 15) is 0 Å². The van der Waals surface area contributed by atoms with E-state index in [0.29, 0.717) is 6.61 Å². The van der Waals surface area contributed by atoms with Crippen molar-refractivity contribution in [3.8, 4) is 0 Å². The maximum Gasteiger partial charge on any atom is 0.144 e. The van der Waals surface area contributed by atoms with Crippen LogP contribution in [0.2, 0.25) is 0 Å². The van der Waals surface area contributed by atoms with Gasteiger partial charge in [-0.25, -0.2) is 0 Å². The molecule has 0 aromatic heterocycles. The molecule has 0 fully saturated rings. The van der Waals surface area contributed by atoms with Gasteiger partial charge in [0.25, 0.3) is 0 Å². The molecule has 0 spiro atoms. The molecule has 1 aromatic rings. The Morgan fingerprint density at radius 1 is 1.21 bits per heavy atom. The van der Waals surface area contributed by atoms with Crippen molar-refractivity contribution in [3.63, 3.8) is 0 Å². The van der Waals surface area contributed by atoms with Crippen LogP contribution in [-0.4, -0.2) is 11.9 Å². The van der Waals surface area contributed by atoms with E-state index in [2.05, 4.69) is 18.2 Å². The lowest BCUT2D eigenvalue weighted by Gasteiger charge is -2.18. The van der Waals surface area contributed by atoms with Gasteiger partial charge in [-0.2, -0.15) is 0 Å². The van der Waals surface area contributed by atoms with Crippen molar-refractivity contribution in [2.24, 2.45) is 0 Å². The van der Waals surface area contributed by atoms with Crippen LogP contribution in [0.3, 0.4) is 0 Å². The Kier molecular flexibility index (Phi) is 3.17. The molecule has 0 amide bonds. The second-order valence-electron chi connectivity index (χ2n) is 3.74. The highest BCUT2D eigenvalue weighted by molar-refractivity contribution is 5.36. The molecule has 0 radical (unpaired) electrons. The summed E-state index contributed by atoms with van der Waals surface area (Å²) in [7, 11) is 0. The van der Waals surface area contributed by atoms with Gasteiger partial charge in [-0.05, 0) is 42.4 Å². The van der Waals surface area contributed by atoms with E-state index in [-0.39, 0.29) is 6.79 Å². The Bertz CT molecular complexity index is 307. The molecule has 0 atom stereocenters. The quantitative estimate of drug-likeness (QED) is 0.742. The van der Waals surface area contributed by atoms with Crippen LogP contribution >= 0.6 is 0 Å². The van der Waals surface area contributed by atoms with Gasteiger partial charge in [-0.1, -0.05) is 18.2 Å². The van der Waals surface area contributed by atoms with Gasteiger partial charge in [0.15, 0.2) is 0 Å². The number of aliphatic hydroxyl groups excluding tert-OH is 1. The van der Waals surface area contributed by atoms with Gasteiger partial charge in [-0.3, -0.25) is 0 Å². The Labute approximate surface area is 84.5 Å². The van der Waals surface area contributed by atoms with Gasteiger partial charge in [0.2, 0.25) is 0 Å². The summed E-state index contributed by atoms with van der Waals surface area (Å²) in [5, 5.41) is 8.61. The Balaban J connectivity index is 2.21. The number of hydrogen-bond donors (Lipinski definition) is 1. The maximum atomic E-state index is 8.61. The third-order valence-corrected chi connectivity index (χ3v) is 2.84. The van der Waals surface area contributed by atoms with Crippen LogP contribution in [0, 0.1) is 0 Å². The van der Waals surface area contributed by atoms with E-state index in [1.54, 1.807) is 0 Å². The molecule has 2 heteroatoms. The maximum absolute atomic E-state index is 8.61.